The lowest BCUT2D eigenvalue weighted by Crippen LogP contribution is -1.96. The molecule has 0 aliphatic carbocycles. The Morgan fingerprint density at radius 3 is 1.46 bits per heavy atom. The molecule has 0 unspecified atom stereocenters. The molecule has 4 heteroatoms. The molecule has 128 valence electrons. The Kier molecular flexibility index (Phi) is 8.95. The Balaban J connectivity index is 0.000000425. The van der Waals surface area contributed by atoms with E-state index in [1.807, 2.05) is 6.07 Å². The molecule has 2 rings (SSSR count). The maximum absolute atomic E-state index is 10.9. The molecule has 0 amide bonds. The van der Waals surface area contributed by atoms with Crippen LogP contribution in [0.5, 0.6) is 5.75 Å². The molecule has 0 aliphatic heterocycles. The number of hydrogen-bond acceptors (Lipinski definition) is 4. The molecule has 4 nitrogen and oxygen atoms in total. The van der Waals surface area contributed by atoms with Crippen molar-refractivity contribution in [2.24, 2.45) is 0 Å². The number of carbonyl (C=O) groups is 3. The van der Waals surface area contributed by atoms with Crippen molar-refractivity contribution in [3.05, 3.63) is 65.2 Å². The number of rotatable bonds is 4. The molecule has 0 aliphatic rings. The van der Waals surface area contributed by atoms with E-state index in [0.717, 1.165) is 5.75 Å². The van der Waals surface area contributed by atoms with Gasteiger partial charge in [-0.2, -0.15) is 0 Å². The van der Waals surface area contributed by atoms with Gasteiger partial charge in [-0.05, 0) is 39.0 Å². The Labute approximate surface area is 143 Å². The van der Waals surface area contributed by atoms with Crippen LogP contribution >= 0.6 is 0 Å². The standard InChI is InChI=1S/C10H10O2.C9H10O2.CH4/c1-7(11)9-4-3-5-10(6-9)8(2)12;1-7(10)8-4-3-5-9(6-8)11-2;/h3-6H,1-2H3;3-6H,1-2H3;1H4. The quantitative estimate of drug-likeness (QED) is 0.768. The monoisotopic (exact) mass is 328 g/mol. The number of methoxy groups -OCH3 is 1. The summed E-state index contributed by atoms with van der Waals surface area (Å²) < 4.78 is 4.95. The van der Waals surface area contributed by atoms with Crippen LogP contribution in [-0.4, -0.2) is 24.5 Å². The van der Waals surface area contributed by atoms with Crippen molar-refractivity contribution in [3.63, 3.8) is 0 Å². The van der Waals surface area contributed by atoms with Crippen LogP contribution in [0.3, 0.4) is 0 Å². The Hall–Kier alpha value is -2.75. The average molecular weight is 328 g/mol. The number of ketones is 3. The van der Waals surface area contributed by atoms with Crippen molar-refractivity contribution >= 4 is 17.3 Å². The van der Waals surface area contributed by atoms with Crippen LogP contribution in [0.15, 0.2) is 48.5 Å². The van der Waals surface area contributed by atoms with Crippen LogP contribution in [-0.2, 0) is 0 Å². The molecule has 2 aromatic rings. The highest BCUT2D eigenvalue weighted by Gasteiger charge is 2.02. The second-order valence-corrected chi connectivity index (χ2v) is 4.98. The third-order valence-corrected chi connectivity index (χ3v) is 3.15. The molecule has 0 radical (unpaired) electrons. The lowest BCUT2D eigenvalue weighted by molar-refractivity contribution is 0.100. The van der Waals surface area contributed by atoms with Gasteiger partial charge in [0.25, 0.3) is 0 Å². The number of Topliss-reactive ketones (excluding diaryl/α,β-unsaturated/α-hetero) is 3. The first-order valence-electron chi connectivity index (χ1n) is 7.12. The summed E-state index contributed by atoms with van der Waals surface area (Å²) in [6.07, 6.45) is 0. The first kappa shape index (κ1) is 21.2. The molecule has 0 spiro atoms. The van der Waals surface area contributed by atoms with Crippen molar-refractivity contribution in [1.29, 1.82) is 0 Å². The van der Waals surface area contributed by atoms with Crippen LogP contribution in [0.25, 0.3) is 0 Å². The largest absolute Gasteiger partial charge is 0.497 e. The fourth-order valence-corrected chi connectivity index (χ4v) is 1.80. The zero-order chi connectivity index (χ0) is 17.4. The van der Waals surface area contributed by atoms with Crippen molar-refractivity contribution in [3.8, 4) is 5.75 Å². The molecule has 0 aromatic heterocycles. The predicted octanol–water partition coefficient (Wildman–Crippen LogP) is 4.63. The van der Waals surface area contributed by atoms with Crippen molar-refractivity contribution in [1.82, 2.24) is 0 Å². The number of ether oxygens (including phenoxy) is 1. The third-order valence-electron chi connectivity index (χ3n) is 3.15. The predicted molar refractivity (Wildman–Crippen MR) is 96.2 cm³/mol. The summed E-state index contributed by atoms with van der Waals surface area (Å²) in [6, 6.07) is 13.8. The molecule has 0 heterocycles. The Morgan fingerprint density at radius 1 is 0.708 bits per heavy atom. The van der Waals surface area contributed by atoms with Crippen molar-refractivity contribution in [2.45, 2.75) is 28.2 Å². The molecule has 0 atom stereocenters. The number of hydrogen-bond donors (Lipinski definition) is 0. The molecule has 2 aromatic carbocycles. The maximum Gasteiger partial charge on any atom is 0.159 e. The van der Waals surface area contributed by atoms with E-state index in [-0.39, 0.29) is 24.8 Å². The van der Waals surface area contributed by atoms with Gasteiger partial charge in [0.15, 0.2) is 17.3 Å². The van der Waals surface area contributed by atoms with E-state index >= 15 is 0 Å². The van der Waals surface area contributed by atoms with Crippen LogP contribution in [0, 0.1) is 0 Å². The molecule has 0 bridgehead atoms. The summed E-state index contributed by atoms with van der Waals surface area (Å²) in [6.45, 7) is 4.51. The summed E-state index contributed by atoms with van der Waals surface area (Å²) in [5, 5.41) is 0. The fourth-order valence-electron chi connectivity index (χ4n) is 1.80. The van der Waals surface area contributed by atoms with Gasteiger partial charge in [-0.1, -0.05) is 37.8 Å². The molecule has 0 saturated carbocycles. The van der Waals surface area contributed by atoms with Crippen LogP contribution in [0.1, 0.15) is 59.3 Å². The van der Waals surface area contributed by atoms with E-state index in [4.69, 9.17) is 4.74 Å². The highest BCUT2D eigenvalue weighted by molar-refractivity contribution is 5.99. The minimum atomic E-state index is -0.0156. The van der Waals surface area contributed by atoms with Gasteiger partial charge in [0.1, 0.15) is 5.75 Å². The second-order valence-electron chi connectivity index (χ2n) is 4.98. The fraction of sp³-hybridized carbons (Fsp3) is 0.250. The SMILES string of the molecule is C.CC(=O)c1cccc(C(C)=O)c1.COc1cccc(C(C)=O)c1. The number of benzene rings is 2. The lowest BCUT2D eigenvalue weighted by atomic mass is 10.1. The molecular weight excluding hydrogens is 304 g/mol. The second kappa shape index (κ2) is 10.1. The van der Waals surface area contributed by atoms with Crippen LogP contribution < -0.4 is 4.74 Å². The maximum atomic E-state index is 10.9. The average Bonchev–Trinajstić information content (AvgIpc) is 2.55. The van der Waals surface area contributed by atoms with Gasteiger partial charge in [-0.3, -0.25) is 14.4 Å². The van der Waals surface area contributed by atoms with Gasteiger partial charge in [0, 0.05) is 16.7 Å². The molecule has 24 heavy (non-hydrogen) atoms. The van der Waals surface area contributed by atoms with E-state index in [2.05, 4.69) is 0 Å². The summed E-state index contributed by atoms with van der Waals surface area (Å²) >= 11 is 0. The highest BCUT2D eigenvalue weighted by Crippen LogP contribution is 2.12. The summed E-state index contributed by atoms with van der Waals surface area (Å²) in [4.78, 5) is 32.7. The van der Waals surface area contributed by atoms with Crippen molar-refractivity contribution < 1.29 is 19.1 Å². The normalized spacial score (nSPS) is 9.00. The topological polar surface area (TPSA) is 60.4 Å². The first-order chi connectivity index (χ1) is 10.8. The minimum absolute atomic E-state index is 0. The van der Waals surface area contributed by atoms with Gasteiger partial charge >= 0.3 is 0 Å². The van der Waals surface area contributed by atoms with E-state index in [1.165, 1.54) is 20.8 Å². The van der Waals surface area contributed by atoms with Crippen LogP contribution in [0.4, 0.5) is 0 Å². The van der Waals surface area contributed by atoms with E-state index in [9.17, 15) is 14.4 Å². The van der Waals surface area contributed by atoms with Gasteiger partial charge in [0.2, 0.25) is 0 Å². The molecule has 0 saturated heterocycles. The smallest absolute Gasteiger partial charge is 0.159 e. The van der Waals surface area contributed by atoms with E-state index in [0.29, 0.717) is 16.7 Å². The highest BCUT2D eigenvalue weighted by atomic mass is 16.5. The lowest BCUT2D eigenvalue weighted by Gasteiger charge is -1.99. The Morgan fingerprint density at radius 2 is 1.08 bits per heavy atom. The van der Waals surface area contributed by atoms with Gasteiger partial charge in [-0.15, -0.1) is 0 Å². The van der Waals surface area contributed by atoms with Gasteiger partial charge in [-0.25, -0.2) is 0 Å². The van der Waals surface area contributed by atoms with Gasteiger partial charge in [0.05, 0.1) is 7.11 Å². The third kappa shape index (κ3) is 6.57. The summed E-state index contributed by atoms with van der Waals surface area (Å²) in [5.41, 5.74) is 1.86. The first-order valence-corrected chi connectivity index (χ1v) is 7.12. The summed E-state index contributed by atoms with van der Waals surface area (Å²) in [7, 11) is 1.58. The minimum Gasteiger partial charge on any atom is -0.497 e. The molecule has 0 N–H and O–H groups in total. The van der Waals surface area contributed by atoms with Crippen molar-refractivity contribution in [2.75, 3.05) is 7.11 Å². The zero-order valence-corrected chi connectivity index (χ0v) is 13.8. The number of carbonyl (C=O) groups excluding carboxylic acids is 3. The zero-order valence-electron chi connectivity index (χ0n) is 13.8. The van der Waals surface area contributed by atoms with Crippen LogP contribution in [0.2, 0.25) is 0 Å². The summed E-state index contributed by atoms with van der Waals surface area (Å²) in [5.74, 6) is 0.748. The van der Waals surface area contributed by atoms with E-state index < -0.39 is 0 Å². The Bertz CT molecular complexity index is 688. The molecule has 0 fully saturated rings. The van der Waals surface area contributed by atoms with E-state index in [1.54, 1.807) is 49.6 Å². The molecular formula is C20H24O4. The van der Waals surface area contributed by atoms with Gasteiger partial charge < -0.3 is 4.74 Å².